The molecule has 0 spiro atoms. The normalized spacial score (nSPS) is 22.6. The first-order valence-electron chi connectivity index (χ1n) is 11.6. The number of nitrogens with zero attached hydrogens (tertiary/aromatic N) is 6. The predicted molar refractivity (Wildman–Crippen MR) is 125 cm³/mol. The fraction of sp³-hybridized carbons (Fsp3) is 0.565. The zero-order valence-corrected chi connectivity index (χ0v) is 19.2. The number of aromatic nitrogens is 2. The second kappa shape index (κ2) is 9.54. The summed E-state index contributed by atoms with van der Waals surface area (Å²) in [5, 5.41) is 10.1. The molecule has 0 aliphatic carbocycles. The van der Waals surface area contributed by atoms with Gasteiger partial charge in [-0.05, 0) is 24.8 Å². The van der Waals surface area contributed by atoms with E-state index < -0.39 is 0 Å². The highest BCUT2D eigenvalue weighted by molar-refractivity contribution is 7.19. The van der Waals surface area contributed by atoms with Crippen LogP contribution in [0.3, 0.4) is 0 Å². The van der Waals surface area contributed by atoms with Gasteiger partial charge < -0.3 is 9.80 Å². The average Bonchev–Trinajstić information content (AvgIpc) is 3.49. The van der Waals surface area contributed by atoms with E-state index in [-0.39, 0.29) is 17.7 Å². The van der Waals surface area contributed by atoms with Crippen molar-refractivity contribution in [2.24, 2.45) is 5.92 Å². The SMILES string of the molecule is O=C(C1CCCN(c2nnc(N3CCCC3=O)s2)C1)N1CCN(Cc2ccccc2)CC1. The molecule has 32 heavy (non-hydrogen) atoms. The Morgan fingerprint density at radius 1 is 0.969 bits per heavy atom. The molecule has 5 rings (SSSR count). The van der Waals surface area contributed by atoms with E-state index in [1.807, 2.05) is 11.0 Å². The summed E-state index contributed by atoms with van der Waals surface area (Å²) in [6, 6.07) is 10.5. The minimum Gasteiger partial charge on any atom is -0.346 e. The van der Waals surface area contributed by atoms with Gasteiger partial charge in [-0.2, -0.15) is 0 Å². The van der Waals surface area contributed by atoms with Crippen LogP contribution in [-0.4, -0.2) is 77.6 Å². The van der Waals surface area contributed by atoms with Gasteiger partial charge in [0.25, 0.3) is 0 Å². The van der Waals surface area contributed by atoms with E-state index in [0.717, 1.165) is 70.2 Å². The van der Waals surface area contributed by atoms with Gasteiger partial charge >= 0.3 is 0 Å². The van der Waals surface area contributed by atoms with Crippen LogP contribution in [-0.2, 0) is 16.1 Å². The van der Waals surface area contributed by atoms with E-state index in [1.54, 1.807) is 4.90 Å². The number of piperazine rings is 1. The molecule has 3 saturated heterocycles. The standard InChI is InChI=1S/C23H30N6O2S/c30-20-9-5-11-29(20)23-25-24-22(32-23)28-10-4-8-19(17-28)21(31)27-14-12-26(13-15-27)16-18-6-2-1-3-7-18/h1-3,6-7,19H,4-5,8-17H2. The van der Waals surface area contributed by atoms with Crippen LogP contribution in [0, 0.1) is 5.92 Å². The molecule has 4 heterocycles. The van der Waals surface area contributed by atoms with Crippen LogP contribution in [0.5, 0.6) is 0 Å². The number of carbonyl (C=O) groups is 2. The first kappa shape index (κ1) is 21.3. The monoisotopic (exact) mass is 454 g/mol. The third-order valence-electron chi connectivity index (χ3n) is 6.68. The fourth-order valence-corrected chi connectivity index (χ4v) is 5.80. The Labute approximate surface area is 192 Å². The maximum Gasteiger partial charge on any atom is 0.228 e. The highest BCUT2D eigenvalue weighted by Crippen LogP contribution is 2.32. The van der Waals surface area contributed by atoms with Gasteiger partial charge in [0.05, 0.1) is 5.92 Å². The Balaban J connectivity index is 1.15. The van der Waals surface area contributed by atoms with Crippen LogP contribution in [0.25, 0.3) is 0 Å². The van der Waals surface area contributed by atoms with Gasteiger partial charge in [-0.3, -0.25) is 19.4 Å². The molecular weight excluding hydrogens is 424 g/mol. The smallest absolute Gasteiger partial charge is 0.228 e. The molecule has 0 bridgehead atoms. The van der Waals surface area contributed by atoms with E-state index >= 15 is 0 Å². The van der Waals surface area contributed by atoms with Gasteiger partial charge in [0, 0.05) is 58.8 Å². The van der Waals surface area contributed by atoms with E-state index in [9.17, 15) is 9.59 Å². The molecule has 8 nitrogen and oxygen atoms in total. The zero-order chi connectivity index (χ0) is 21.9. The molecule has 1 aromatic heterocycles. The Morgan fingerprint density at radius 2 is 1.75 bits per heavy atom. The molecule has 2 aromatic rings. The lowest BCUT2D eigenvalue weighted by molar-refractivity contribution is -0.137. The number of hydrogen-bond donors (Lipinski definition) is 0. The molecule has 9 heteroatoms. The van der Waals surface area contributed by atoms with Crippen LogP contribution >= 0.6 is 11.3 Å². The predicted octanol–water partition coefficient (Wildman–Crippen LogP) is 2.23. The van der Waals surface area contributed by atoms with Crippen molar-refractivity contribution in [3.8, 4) is 0 Å². The lowest BCUT2D eigenvalue weighted by Gasteiger charge is -2.39. The summed E-state index contributed by atoms with van der Waals surface area (Å²) in [5.41, 5.74) is 1.32. The van der Waals surface area contributed by atoms with E-state index in [1.165, 1.54) is 16.9 Å². The molecule has 1 aromatic carbocycles. The molecule has 0 N–H and O–H groups in total. The van der Waals surface area contributed by atoms with Crippen molar-refractivity contribution in [1.82, 2.24) is 20.0 Å². The summed E-state index contributed by atoms with van der Waals surface area (Å²) in [6.07, 6.45) is 3.37. The third kappa shape index (κ3) is 4.63. The van der Waals surface area contributed by atoms with Gasteiger partial charge in [0.1, 0.15) is 0 Å². The second-order valence-electron chi connectivity index (χ2n) is 8.89. The summed E-state index contributed by atoms with van der Waals surface area (Å²) in [6.45, 7) is 6.67. The quantitative estimate of drug-likeness (QED) is 0.690. The summed E-state index contributed by atoms with van der Waals surface area (Å²) in [4.78, 5) is 33.6. The van der Waals surface area contributed by atoms with Gasteiger partial charge in [0.2, 0.25) is 22.1 Å². The summed E-state index contributed by atoms with van der Waals surface area (Å²) in [5.74, 6) is 0.407. The van der Waals surface area contributed by atoms with Crippen LogP contribution in [0.1, 0.15) is 31.2 Å². The number of hydrogen-bond acceptors (Lipinski definition) is 7. The van der Waals surface area contributed by atoms with Crippen molar-refractivity contribution in [3.05, 3.63) is 35.9 Å². The first-order valence-corrected chi connectivity index (χ1v) is 12.4. The second-order valence-corrected chi connectivity index (χ2v) is 9.82. The highest BCUT2D eigenvalue weighted by Gasteiger charge is 2.33. The van der Waals surface area contributed by atoms with Gasteiger partial charge in [-0.1, -0.05) is 41.7 Å². The van der Waals surface area contributed by atoms with Crippen LogP contribution in [0.2, 0.25) is 0 Å². The maximum atomic E-state index is 13.2. The molecule has 170 valence electrons. The lowest BCUT2D eigenvalue weighted by Crippen LogP contribution is -2.52. The molecule has 0 saturated carbocycles. The average molecular weight is 455 g/mol. The highest BCUT2D eigenvalue weighted by atomic mass is 32.1. The Hall–Kier alpha value is -2.52. The summed E-state index contributed by atoms with van der Waals surface area (Å²) >= 11 is 1.47. The van der Waals surface area contributed by atoms with Crippen molar-refractivity contribution in [2.75, 3.05) is 55.6 Å². The number of carbonyl (C=O) groups excluding carboxylic acids is 2. The number of benzene rings is 1. The molecule has 0 radical (unpaired) electrons. The first-order chi connectivity index (χ1) is 15.7. The fourth-order valence-electron chi connectivity index (χ4n) is 4.87. The maximum absolute atomic E-state index is 13.2. The van der Waals surface area contributed by atoms with Crippen molar-refractivity contribution >= 4 is 33.4 Å². The lowest BCUT2D eigenvalue weighted by atomic mass is 9.96. The Morgan fingerprint density at radius 3 is 2.50 bits per heavy atom. The molecule has 1 atom stereocenters. The molecule has 3 aliphatic rings. The Kier molecular flexibility index (Phi) is 6.36. The number of rotatable bonds is 5. The third-order valence-corrected chi connectivity index (χ3v) is 7.69. The van der Waals surface area contributed by atoms with Crippen molar-refractivity contribution in [1.29, 1.82) is 0 Å². The molecule has 3 aliphatic heterocycles. The van der Waals surface area contributed by atoms with Crippen LogP contribution in [0.15, 0.2) is 30.3 Å². The molecular formula is C23H30N6O2S. The van der Waals surface area contributed by atoms with Crippen molar-refractivity contribution < 1.29 is 9.59 Å². The zero-order valence-electron chi connectivity index (χ0n) is 18.4. The summed E-state index contributed by atoms with van der Waals surface area (Å²) < 4.78 is 0. The van der Waals surface area contributed by atoms with Crippen LogP contribution in [0.4, 0.5) is 10.3 Å². The number of piperidine rings is 1. The van der Waals surface area contributed by atoms with Gasteiger partial charge in [0.15, 0.2) is 0 Å². The molecule has 3 fully saturated rings. The summed E-state index contributed by atoms with van der Waals surface area (Å²) in [7, 11) is 0. The number of anilines is 2. The largest absolute Gasteiger partial charge is 0.346 e. The minimum absolute atomic E-state index is 0.00481. The molecule has 2 amide bonds. The van der Waals surface area contributed by atoms with Gasteiger partial charge in [-0.25, -0.2) is 0 Å². The van der Waals surface area contributed by atoms with E-state index in [4.69, 9.17) is 0 Å². The topological polar surface area (TPSA) is 72.9 Å². The van der Waals surface area contributed by atoms with Crippen molar-refractivity contribution in [3.63, 3.8) is 0 Å². The Bertz CT molecular complexity index is 943. The van der Waals surface area contributed by atoms with E-state index in [0.29, 0.717) is 18.1 Å². The minimum atomic E-state index is 0.00481. The van der Waals surface area contributed by atoms with Crippen molar-refractivity contribution in [2.45, 2.75) is 32.2 Å². The van der Waals surface area contributed by atoms with E-state index in [2.05, 4.69) is 44.3 Å². The van der Waals surface area contributed by atoms with Crippen LogP contribution < -0.4 is 9.80 Å². The molecule has 1 unspecified atom stereocenters. The number of amides is 2. The van der Waals surface area contributed by atoms with Gasteiger partial charge in [-0.15, -0.1) is 10.2 Å².